The van der Waals surface area contributed by atoms with Crippen LogP contribution in [0.4, 0.5) is 0 Å². The highest BCUT2D eigenvalue weighted by Gasteiger charge is 2.11. The summed E-state index contributed by atoms with van der Waals surface area (Å²) >= 11 is 0. The quantitative estimate of drug-likeness (QED) is 0.755. The summed E-state index contributed by atoms with van der Waals surface area (Å²) in [6.07, 6.45) is 6.26. The molecule has 3 aromatic rings. The normalized spacial score (nSPS) is 12.5. The van der Waals surface area contributed by atoms with E-state index in [-0.39, 0.29) is 0 Å². The molecular weight excluding hydrogens is 278 g/mol. The third-order valence-electron chi connectivity index (χ3n) is 3.55. The molecule has 0 radical (unpaired) electrons. The van der Waals surface area contributed by atoms with Crippen molar-refractivity contribution in [3.63, 3.8) is 0 Å². The summed E-state index contributed by atoms with van der Waals surface area (Å²) in [5.74, 6) is 1.28. The summed E-state index contributed by atoms with van der Waals surface area (Å²) in [6, 6.07) is 8.44. The molecule has 0 aliphatic heterocycles. The summed E-state index contributed by atoms with van der Waals surface area (Å²) in [4.78, 5) is 8.52. The highest BCUT2D eigenvalue weighted by atomic mass is 16.5. The highest BCUT2D eigenvalue weighted by Crippen LogP contribution is 2.19. The largest absolute Gasteiger partial charge is 0.334 e. The first-order valence-electron chi connectivity index (χ1n) is 7.29. The summed E-state index contributed by atoms with van der Waals surface area (Å²) in [5.41, 5.74) is 2.10. The SMILES string of the molecule is CNC(C)Cc1noc(-c2cccc(Cn3ccnc3)c2)n1. The van der Waals surface area contributed by atoms with Crippen LogP contribution in [0.2, 0.25) is 0 Å². The summed E-state index contributed by atoms with van der Waals surface area (Å²) in [7, 11) is 1.92. The fraction of sp³-hybridized carbons (Fsp3) is 0.312. The number of nitrogens with zero attached hydrogens (tertiary/aromatic N) is 4. The molecule has 0 bridgehead atoms. The predicted molar refractivity (Wildman–Crippen MR) is 83.3 cm³/mol. The average molecular weight is 297 g/mol. The number of nitrogens with one attached hydrogen (secondary N) is 1. The number of hydrogen-bond acceptors (Lipinski definition) is 5. The number of aromatic nitrogens is 4. The molecule has 3 rings (SSSR count). The van der Waals surface area contributed by atoms with Gasteiger partial charge in [-0.15, -0.1) is 0 Å². The van der Waals surface area contributed by atoms with E-state index >= 15 is 0 Å². The minimum atomic E-state index is 0.318. The zero-order valence-corrected chi connectivity index (χ0v) is 12.7. The van der Waals surface area contributed by atoms with E-state index in [0.717, 1.165) is 24.4 Å². The van der Waals surface area contributed by atoms with Gasteiger partial charge < -0.3 is 14.4 Å². The number of hydrogen-bond donors (Lipinski definition) is 1. The molecule has 1 unspecified atom stereocenters. The van der Waals surface area contributed by atoms with Gasteiger partial charge in [0, 0.05) is 37.0 Å². The van der Waals surface area contributed by atoms with E-state index in [1.54, 1.807) is 12.5 Å². The molecule has 1 aromatic carbocycles. The van der Waals surface area contributed by atoms with Crippen molar-refractivity contribution >= 4 is 0 Å². The van der Waals surface area contributed by atoms with Gasteiger partial charge in [0.15, 0.2) is 5.82 Å². The molecule has 0 aliphatic rings. The molecule has 0 aliphatic carbocycles. The highest BCUT2D eigenvalue weighted by molar-refractivity contribution is 5.54. The van der Waals surface area contributed by atoms with E-state index in [4.69, 9.17) is 4.52 Å². The van der Waals surface area contributed by atoms with E-state index in [1.165, 1.54) is 5.56 Å². The van der Waals surface area contributed by atoms with Crippen molar-refractivity contribution < 1.29 is 4.52 Å². The third kappa shape index (κ3) is 3.40. The van der Waals surface area contributed by atoms with Gasteiger partial charge in [-0.3, -0.25) is 0 Å². The first-order chi connectivity index (χ1) is 10.7. The molecule has 0 spiro atoms. The zero-order chi connectivity index (χ0) is 15.4. The first-order valence-corrected chi connectivity index (χ1v) is 7.29. The van der Waals surface area contributed by atoms with Gasteiger partial charge in [-0.25, -0.2) is 4.98 Å². The molecule has 6 heteroatoms. The third-order valence-corrected chi connectivity index (χ3v) is 3.55. The van der Waals surface area contributed by atoms with Gasteiger partial charge in [0.2, 0.25) is 0 Å². The van der Waals surface area contributed by atoms with Crippen LogP contribution in [0.1, 0.15) is 18.3 Å². The standard InChI is InChI=1S/C16H19N5O/c1-12(17-2)8-15-19-16(22-20-15)14-5-3-4-13(9-14)10-21-7-6-18-11-21/h3-7,9,11-12,17H,8,10H2,1-2H3. The van der Waals surface area contributed by atoms with Gasteiger partial charge in [-0.1, -0.05) is 17.3 Å². The van der Waals surface area contributed by atoms with Crippen LogP contribution in [-0.2, 0) is 13.0 Å². The molecule has 2 heterocycles. The van der Waals surface area contributed by atoms with Crippen LogP contribution >= 0.6 is 0 Å². The fourth-order valence-electron chi connectivity index (χ4n) is 2.22. The second-order valence-electron chi connectivity index (χ2n) is 5.34. The van der Waals surface area contributed by atoms with Crippen LogP contribution in [-0.4, -0.2) is 32.8 Å². The Bertz CT molecular complexity index is 720. The lowest BCUT2D eigenvalue weighted by Gasteiger charge is -2.05. The second kappa shape index (κ2) is 6.53. The van der Waals surface area contributed by atoms with Gasteiger partial charge in [0.25, 0.3) is 5.89 Å². The molecule has 1 atom stereocenters. The van der Waals surface area contributed by atoms with Gasteiger partial charge in [0.05, 0.1) is 6.33 Å². The van der Waals surface area contributed by atoms with E-state index < -0.39 is 0 Å². The van der Waals surface area contributed by atoms with Crippen LogP contribution in [0.25, 0.3) is 11.5 Å². The Hall–Kier alpha value is -2.47. The molecule has 2 aromatic heterocycles. The smallest absolute Gasteiger partial charge is 0.257 e. The number of rotatable bonds is 6. The Balaban J connectivity index is 1.77. The lowest BCUT2D eigenvalue weighted by atomic mass is 10.1. The molecule has 6 nitrogen and oxygen atoms in total. The molecule has 114 valence electrons. The van der Waals surface area contributed by atoms with Crippen molar-refractivity contribution in [2.24, 2.45) is 0 Å². The summed E-state index contributed by atoms with van der Waals surface area (Å²) in [5, 5.41) is 7.21. The maximum absolute atomic E-state index is 5.38. The Morgan fingerprint density at radius 2 is 2.27 bits per heavy atom. The Morgan fingerprint density at radius 1 is 1.36 bits per heavy atom. The monoisotopic (exact) mass is 297 g/mol. The fourth-order valence-corrected chi connectivity index (χ4v) is 2.22. The molecule has 22 heavy (non-hydrogen) atoms. The minimum Gasteiger partial charge on any atom is -0.334 e. The van der Waals surface area contributed by atoms with E-state index in [9.17, 15) is 0 Å². The molecule has 0 saturated heterocycles. The van der Waals surface area contributed by atoms with Crippen molar-refractivity contribution in [1.82, 2.24) is 25.0 Å². The van der Waals surface area contributed by atoms with Crippen molar-refractivity contribution in [2.75, 3.05) is 7.05 Å². The van der Waals surface area contributed by atoms with E-state index in [0.29, 0.717) is 11.9 Å². The predicted octanol–water partition coefficient (Wildman–Crippen LogP) is 2.13. The van der Waals surface area contributed by atoms with Gasteiger partial charge in [-0.05, 0) is 31.7 Å². The zero-order valence-electron chi connectivity index (χ0n) is 12.7. The number of imidazole rings is 1. The van der Waals surface area contributed by atoms with Crippen LogP contribution < -0.4 is 5.32 Å². The maximum atomic E-state index is 5.38. The lowest BCUT2D eigenvalue weighted by Crippen LogP contribution is -2.24. The van der Waals surface area contributed by atoms with Gasteiger partial charge >= 0.3 is 0 Å². The Morgan fingerprint density at radius 3 is 3.05 bits per heavy atom. The Labute approximate surface area is 129 Å². The first kappa shape index (κ1) is 14.5. The topological polar surface area (TPSA) is 68.8 Å². The molecular formula is C16H19N5O. The van der Waals surface area contributed by atoms with Crippen LogP contribution in [0.5, 0.6) is 0 Å². The summed E-state index contributed by atoms with van der Waals surface area (Å²) < 4.78 is 7.40. The van der Waals surface area contributed by atoms with Crippen LogP contribution in [0, 0.1) is 0 Å². The van der Waals surface area contributed by atoms with Crippen LogP contribution in [0.3, 0.4) is 0 Å². The number of likely N-dealkylation sites (N-methyl/N-ethyl adjacent to an activating group) is 1. The molecule has 1 N–H and O–H groups in total. The molecule has 0 amide bonds. The Kier molecular flexibility index (Phi) is 4.29. The van der Waals surface area contributed by atoms with Gasteiger partial charge in [-0.2, -0.15) is 4.98 Å². The maximum Gasteiger partial charge on any atom is 0.257 e. The van der Waals surface area contributed by atoms with Crippen molar-refractivity contribution in [1.29, 1.82) is 0 Å². The summed E-state index contributed by atoms with van der Waals surface area (Å²) in [6.45, 7) is 2.85. The van der Waals surface area contributed by atoms with Crippen molar-refractivity contribution in [3.8, 4) is 11.5 Å². The van der Waals surface area contributed by atoms with E-state index in [1.807, 2.05) is 29.9 Å². The minimum absolute atomic E-state index is 0.318. The van der Waals surface area contributed by atoms with Crippen LogP contribution in [0.15, 0.2) is 47.5 Å². The molecule has 0 saturated carbocycles. The van der Waals surface area contributed by atoms with Crippen molar-refractivity contribution in [3.05, 3.63) is 54.4 Å². The average Bonchev–Trinajstić information content (AvgIpc) is 3.19. The molecule has 0 fully saturated rings. The second-order valence-corrected chi connectivity index (χ2v) is 5.34. The van der Waals surface area contributed by atoms with E-state index in [2.05, 4.69) is 39.5 Å². The van der Waals surface area contributed by atoms with Gasteiger partial charge in [0.1, 0.15) is 0 Å². The lowest BCUT2D eigenvalue weighted by molar-refractivity contribution is 0.418. The number of benzene rings is 1. The van der Waals surface area contributed by atoms with Crippen molar-refractivity contribution in [2.45, 2.75) is 25.9 Å².